The van der Waals surface area contributed by atoms with E-state index in [1.807, 2.05) is 36.4 Å². The van der Waals surface area contributed by atoms with Gasteiger partial charge in [-0.1, -0.05) is 74.0 Å². The van der Waals surface area contributed by atoms with E-state index < -0.39 is 0 Å². The van der Waals surface area contributed by atoms with Crippen molar-refractivity contribution in [2.45, 2.75) is 56.9 Å². The molecule has 2 heterocycles. The van der Waals surface area contributed by atoms with Crippen molar-refractivity contribution in [1.29, 1.82) is 0 Å². The van der Waals surface area contributed by atoms with Gasteiger partial charge in [0.05, 0.1) is 25.2 Å². The number of methoxy groups -OCH3 is 1. The Morgan fingerprint density at radius 3 is 2.58 bits per heavy atom. The highest BCUT2D eigenvalue weighted by molar-refractivity contribution is 5.72. The van der Waals surface area contributed by atoms with Crippen molar-refractivity contribution in [2.24, 2.45) is 5.73 Å². The van der Waals surface area contributed by atoms with Gasteiger partial charge in [-0.25, -0.2) is 4.98 Å². The summed E-state index contributed by atoms with van der Waals surface area (Å²) in [4.78, 5) is 7.40. The number of ether oxygens (including phenoxy) is 1. The first-order valence-electron chi connectivity index (χ1n) is 13.0. The molecule has 188 valence electrons. The van der Waals surface area contributed by atoms with Crippen molar-refractivity contribution in [2.75, 3.05) is 13.7 Å². The predicted octanol–water partition coefficient (Wildman–Crippen LogP) is 5.61. The van der Waals surface area contributed by atoms with E-state index in [-0.39, 0.29) is 24.2 Å². The second-order valence-electron chi connectivity index (χ2n) is 9.58. The lowest BCUT2D eigenvalue weighted by molar-refractivity contribution is 0.0461. The summed E-state index contributed by atoms with van der Waals surface area (Å²) in [6.45, 7) is 3.75. The molecule has 4 unspecified atom stereocenters. The fourth-order valence-corrected chi connectivity index (χ4v) is 5.57. The van der Waals surface area contributed by atoms with Gasteiger partial charge in [-0.3, -0.25) is 4.90 Å². The van der Waals surface area contributed by atoms with Gasteiger partial charge in [0, 0.05) is 24.7 Å². The smallest absolute Gasteiger partial charge is 0.200 e. The maximum Gasteiger partial charge on any atom is 0.200 e. The first-order valence-corrected chi connectivity index (χ1v) is 13.0. The van der Waals surface area contributed by atoms with E-state index >= 15 is 0 Å². The summed E-state index contributed by atoms with van der Waals surface area (Å²) in [5.74, 6) is 1.77. The number of aromatic nitrogens is 1. The molecule has 1 aliphatic rings. The average molecular weight is 485 g/mol. The fourth-order valence-electron chi connectivity index (χ4n) is 5.57. The zero-order chi connectivity index (χ0) is 24.9. The molecule has 0 aliphatic carbocycles. The number of benzene rings is 3. The van der Waals surface area contributed by atoms with Gasteiger partial charge < -0.3 is 20.2 Å². The number of fused-ring (bicyclic) bond motifs is 1. The molecule has 1 aliphatic heterocycles. The van der Waals surface area contributed by atoms with Gasteiger partial charge in [0.1, 0.15) is 11.3 Å². The van der Waals surface area contributed by atoms with Crippen LogP contribution in [0.4, 0.5) is 0 Å². The van der Waals surface area contributed by atoms with Crippen LogP contribution in [0.15, 0.2) is 83.3 Å². The van der Waals surface area contributed by atoms with Crippen LogP contribution in [-0.4, -0.2) is 35.7 Å². The Morgan fingerprint density at radius 2 is 1.81 bits per heavy atom. The molecule has 1 saturated heterocycles. The highest BCUT2D eigenvalue weighted by Crippen LogP contribution is 2.41. The standard InChI is InChI=1S/C30H36N4O2/c1-3-11-27(31)34-19-18-23(30-33-24-15-8-10-17-26(24)36-30)28(29(34)21-12-5-4-6-13-21)32-20-22-14-7-9-16-25(22)35-2/h4-10,12-17,23,27-29,32H,3,11,18-20,31H2,1-2H3. The molecule has 3 aromatic carbocycles. The number of piperidine rings is 1. The number of nitrogens with zero attached hydrogens (tertiary/aromatic N) is 2. The van der Waals surface area contributed by atoms with Crippen LogP contribution in [0.2, 0.25) is 0 Å². The van der Waals surface area contributed by atoms with Gasteiger partial charge in [0.15, 0.2) is 11.5 Å². The third-order valence-corrected chi connectivity index (χ3v) is 7.33. The third kappa shape index (κ3) is 5.03. The highest BCUT2D eigenvalue weighted by Gasteiger charge is 2.43. The Morgan fingerprint density at radius 1 is 1.06 bits per heavy atom. The number of likely N-dealkylation sites (tertiary alicyclic amines) is 1. The first-order chi connectivity index (χ1) is 17.7. The van der Waals surface area contributed by atoms with E-state index in [1.54, 1.807) is 7.11 Å². The topological polar surface area (TPSA) is 76.5 Å². The summed E-state index contributed by atoms with van der Waals surface area (Å²) in [6.07, 6.45) is 2.90. The Bertz CT molecular complexity index is 1230. The Kier molecular flexibility index (Phi) is 7.66. The van der Waals surface area contributed by atoms with E-state index in [0.717, 1.165) is 54.1 Å². The van der Waals surface area contributed by atoms with Gasteiger partial charge in [0.25, 0.3) is 0 Å². The molecule has 0 radical (unpaired) electrons. The monoisotopic (exact) mass is 484 g/mol. The molecule has 1 aromatic heterocycles. The number of hydrogen-bond acceptors (Lipinski definition) is 6. The number of nitrogens with two attached hydrogens (primary N) is 1. The van der Waals surface area contributed by atoms with Crippen LogP contribution < -0.4 is 15.8 Å². The maximum absolute atomic E-state index is 6.79. The van der Waals surface area contributed by atoms with Gasteiger partial charge in [-0.2, -0.15) is 0 Å². The SMILES string of the molecule is CCCC(N)N1CCC(c2nc3ccccc3o2)C(NCc2ccccc2OC)C1c1ccccc1. The maximum atomic E-state index is 6.79. The number of nitrogens with one attached hydrogen (secondary N) is 1. The molecular formula is C30H36N4O2. The van der Waals surface area contributed by atoms with Crippen molar-refractivity contribution in [3.05, 3.63) is 95.9 Å². The second kappa shape index (κ2) is 11.2. The highest BCUT2D eigenvalue weighted by atomic mass is 16.5. The largest absolute Gasteiger partial charge is 0.496 e. The summed E-state index contributed by atoms with van der Waals surface area (Å²) in [6, 6.07) is 27.0. The minimum atomic E-state index is -0.0136. The Labute approximate surface area is 213 Å². The second-order valence-corrected chi connectivity index (χ2v) is 9.58. The minimum absolute atomic E-state index is 0.0136. The van der Waals surface area contributed by atoms with Crippen molar-refractivity contribution in [3.8, 4) is 5.75 Å². The summed E-state index contributed by atoms with van der Waals surface area (Å²) in [5.41, 5.74) is 10.9. The molecule has 0 bridgehead atoms. The molecule has 0 spiro atoms. The molecule has 1 fully saturated rings. The van der Waals surface area contributed by atoms with Crippen LogP contribution in [0.1, 0.15) is 55.2 Å². The number of para-hydroxylation sites is 3. The normalized spacial score (nSPS) is 21.5. The zero-order valence-electron chi connectivity index (χ0n) is 21.1. The van der Waals surface area contributed by atoms with Crippen LogP contribution in [0.3, 0.4) is 0 Å². The fraction of sp³-hybridized carbons (Fsp3) is 0.367. The molecule has 4 atom stereocenters. The van der Waals surface area contributed by atoms with E-state index in [9.17, 15) is 0 Å². The zero-order valence-corrected chi connectivity index (χ0v) is 21.1. The van der Waals surface area contributed by atoms with Gasteiger partial charge in [-0.05, 0) is 36.6 Å². The summed E-state index contributed by atoms with van der Waals surface area (Å²) in [5, 5.41) is 3.90. The number of rotatable bonds is 9. The van der Waals surface area contributed by atoms with Crippen molar-refractivity contribution in [1.82, 2.24) is 15.2 Å². The quantitative estimate of drug-likeness (QED) is 0.322. The van der Waals surface area contributed by atoms with E-state index in [1.165, 1.54) is 5.56 Å². The predicted molar refractivity (Wildman–Crippen MR) is 144 cm³/mol. The van der Waals surface area contributed by atoms with Crippen LogP contribution in [0.5, 0.6) is 5.75 Å². The lowest BCUT2D eigenvalue weighted by Crippen LogP contribution is -2.57. The van der Waals surface area contributed by atoms with Crippen molar-refractivity contribution < 1.29 is 9.15 Å². The van der Waals surface area contributed by atoms with Gasteiger partial charge in [0.2, 0.25) is 0 Å². The van der Waals surface area contributed by atoms with Crippen molar-refractivity contribution >= 4 is 11.1 Å². The summed E-state index contributed by atoms with van der Waals surface area (Å²) < 4.78 is 12.0. The van der Waals surface area contributed by atoms with Crippen LogP contribution in [0, 0.1) is 0 Å². The molecule has 0 amide bonds. The number of hydrogen-bond donors (Lipinski definition) is 2. The van der Waals surface area contributed by atoms with E-state index in [0.29, 0.717) is 6.54 Å². The lowest BCUT2D eigenvalue weighted by atomic mass is 9.81. The Balaban J connectivity index is 1.55. The molecule has 36 heavy (non-hydrogen) atoms. The van der Waals surface area contributed by atoms with Gasteiger partial charge in [-0.15, -0.1) is 0 Å². The molecule has 0 saturated carbocycles. The average Bonchev–Trinajstić information content (AvgIpc) is 3.36. The van der Waals surface area contributed by atoms with Crippen LogP contribution in [-0.2, 0) is 6.54 Å². The summed E-state index contributed by atoms with van der Waals surface area (Å²) in [7, 11) is 1.72. The minimum Gasteiger partial charge on any atom is -0.496 e. The molecule has 6 nitrogen and oxygen atoms in total. The molecule has 6 heteroatoms. The third-order valence-electron chi connectivity index (χ3n) is 7.33. The molecule has 3 N–H and O–H groups in total. The van der Waals surface area contributed by atoms with Gasteiger partial charge >= 0.3 is 0 Å². The summed E-state index contributed by atoms with van der Waals surface area (Å²) >= 11 is 0. The molecular weight excluding hydrogens is 448 g/mol. The van der Waals surface area contributed by atoms with E-state index in [2.05, 4.69) is 59.6 Å². The Hall–Kier alpha value is -3.19. The van der Waals surface area contributed by atoms with Crippen LogP contribution in [0.25, 0.3) is 11.1 Å². The molecule has 4 aromatic rings. The van der Waals surface area contributed by atoms with Crippen molar-refractivity contribution in [3.63, 3.8) is 0 Å². The van der Waals surface area contributed by atoms with E-state index in [4.69, 9.17) is 19.9 Å². The molecule has 5 rings (SSSR count). The lowest BCUT2D eigenvalue weighted by Gasteiger charge is -2.47. The first kappa shape index (κ1) is 24.5. The van der Waals surface area contributed by atoms with Crippen LogP contribution >= 0.6 is 0 Å². The number of oxazole rings is 1.